The summed E-state index contributed by atoms with van der Waals surface area (Å²) in [5.41, 5.74) is 0. The van der Waals surface area contributed by atoms with Crippen LogP contribution in [0, 0.1) is 12.3 Å². The molecule has 0 aromatic carbocycles. The van der Waals surface area contributed by atoms with E-state index in [-0.39, 0.29) is 12.5 Å². The van der Waals surface area contributed by atoms with Gasteiger partial charge >= 0.3 is 0 Å². The van der Waals surface area contributed by atoms with Crippen LogP contribution in [0.3, 0.4) is 0 Å². The lowest BCUT2D eigenvalue weighted by atomic mass is 10.0. The third-order valence-corrected chi connectivity index (χ3v) is 1.52. The van der Waals surface area contributed by atoms with Crippen molar-refractivity contribution in [3.05, 3.63) is 6.42 Å². The van der Waals surface area contributed by atoms with Gasteiger partial charge in [-0.2, -0.15) is 0 Å². The summed E-state index contributed by atoms with van der Waals surface area (Å²) >= 11 is 0. The summed E-state index contributed by atoms with van der Waals surface area (Å²) in [6.45, 7) is 1.45. The van der Waals surface area contributed by atoms with Crippen molar-refractivity contribution in [3.63, 3.8) is 0 Å². The maximum Gasteiger partial charge on any atom is 0.0497 e. The number of rotatable bonds is 7. The molecule has 0 heterocycles. The third kappa shape index (κ3) is 6.28. The first-order valence-electron chi connectivity index (χ1n) is 3.77. The van der Waals surface area contributed by atoms with Crippen LogP contribution in [-0.4, -0.2) is 39.1 Å². The zero-order chi connectivity index (χ0) is 8.53. The summed E-state index contributed by atoms with van der Waals surface area (Å²) in [4.78, 5) is 0. The molecule has 3 heteroatoms. The van der Waals surface area contributed by atoms with E-state index >= 15 is 0 Å². The van der Waals surface area contributed by atoms with Crippen LogP contribution in [0.4, 0.5) is 0 Å². The van der Waals surface area contributed by atoms with Crippen molar-refractivity contribution in [2.45, 2.75) is 6.42 Å². The fraction of sp³-hybridized carbons (Fsp3) is 0.875. The first-order valence-corrected chi connectivity index (χ1v) is 3.77. The van der Waals surface area contributed by atoms with Gasteiger partial charge in [-0.3, -0.25) is 0 Å². The van der Waals surface area contributed by atoms with Crippen LogP contribution in [-0.2, 0) is 9.47 Å². The van der Waals surface area contributed by atoms with Crippen LogP contribution in [0.15, 0.2) is 0 Å². The van der Waals surface area contributed by atoms with E-state index in [9.17, 15) is 0 Å². The van der Waals surface area contributed by atoms with Gasteiger partial charge in [-0.05, 0) is 18.8 Å². The Hall–Kier alpha value is -0.120. The van der Waals surface area contributed by atoms with Gasteiger partial charge in [0.05, 0.1) is 0 Å². The molecule has 0 aliphatic heterocycles. The van der Waals surface area contributed by atoms with E-state index in [0.29, 0.717) is 13.2 Å². The molecule has 0 bridgehead atoms. The van der Waals surface area contributed by atoms with Gasteiger partial charge in [-0.15, -0.1) is 0 Å². The lowest BCUT2D eigenvalue weighted by Crippen LogP contribution is -2.12. The molecule has 0 amide bonds. The molecular weight excluding hydrogens is 144 g/mol. The van der Waals surface area contributed by atoms with E-state index in [0.717, 1.165) is 6.42 Å². The van der Waals surface area contributed by atoms with Crippen LogP contribution in [0.1, 0.15) is 6.42 Å². The van der Waals surface area contributed by atoms with Crippen LogP contribution in [0.5, 0.6) is 0 Å². The van der Waals surface area contributed by atoms with E-state index in [2.05, 4.69) is 0 Å². The number of aliphatic hydroxyl groups is 1. The van der Waals surface area contributed by atoms with E-state index in [1.807, 2.05) is 6.42 Å². The normalized spacial score (nSPS) is 10.9. The molecule has 67 valence electrons. The topological polar surface area (TPSA) is 38.7 Å². The number of ether oxygens (including phenoxy) is 2. The standard InChI is InChI=1S/C8H17O3/c1-10-5-3-8(7-9)4-6-11-2/h3,8-9H,4-7H2,1-2H3. The summed E-state index contributed by atoms with van der Waals surface area (Å²) in [5, 5.41) is 8.84. The van der Waals surface area contributed by atoms with E-state index in [4.69, 9.17) is 14.6 Å². The van der Waals surface area contributed by atoms with Gasteiger partial charge in [0.15, 0.2) is 0 Å². The predicted molar refractivity (Wildman–Crippen MR) is 43.2 cm³/mol. The van der Waals surface area contributed by atoms with Gasteiger partial charge < -0.3 is 14.6 Å². The molecular formula is C8H17O3. The number of hydrogen-bond donors (Lipinski definition) is 1. The van der Waals surface area contributed by atoms with Gasteiger partial charge in [0, 0.05) is 34.0 Å². The lowest BCUT2D eigenvalue weighted by Gasteiger charge is -2.11. The molecule has 0 saturated carbocycles. The van der Waals surface area contributed by atoms with Crippen molar-refractivity contribution in [2.24, 2.45) is 5.92 Å². The second-order valence-corrected chi connectivity index (χ2v) is 2.42. The second kappa shape index (κ2) is 7.98. The number of aliphatic hydroxyl groups excluding tert-OH is 1. The van der Waals surface area contributed by atoms with Crippen LogP contribution in [0.2, 0.25) is 0 Å². The highest BCUT2D eigenvalue weighted by Gasteiger charge is 2.06. The third-order valence-electron chi connectivity index (χ3n) is 1.52. The molecule has 1 radical (unpaired) electrons. The molecule has 0 saturated heterocycles. The van der Waals surface area contributed by atoms with Gasteiger partial charge in [-0.1, -0.05) is 0 Å². The summed E-state index contributed by atoms with van der Waals surface area (Å²) in [6.07, 6.45) is 2.81. The van der Waals surface area contributed by atoms with Crippen LogP contribution < -0.4 is 0 Å². The fourth-order valence-electron chi connectivity index (χ4n) is 0.785. The number of methoxy groups -OCH3 is 2. The molecule has 1 unspecified atom stereocenters. The second-order valence-electron chi connectivity index (χ2n) is 2.42. The summed E-state index contributed by atoms with van der Waals surface area (Å²) in [5.74, 6) is 0.204. The van der Waals surface area contributed by atoms with Crippen LogP contribution in [0.25, 0.3) is 0 Å². The average Bonchev–Trinajstić information content (AvgIpc) is 2.05. The maximum atomic E-state index is 8.84. The molecule has 0 aromatic heterocycles. The molecule has 0 aliphatic carbocycles. The Morgan fingerprint density at radius 3 is 2.55 bits per heavy atom. The van der Waals surface area contributed by atoms with Crippen molar-refractivity contribution in [1.82, 2.24) is 0 Å². The lowest BCUT2D eigenvalue weighted by molar-refractivity contribution is 0.144. The SMILES string of the molecule is COC[CH]C(CO)CCOC. The molecule has 1 N–H and O–H groups in total. The fourth-order valence-corrected chi connectivity index (χ4v) is 0.785. The first-order chi connectivity index (χ1) is 5.35. The maximum absolute atomic E-state index is 8.84. The minimum Gasteiger partial charge on any atom is -0.396 e. The Morgan fingerprint density at radius 2 is 2.09 bits per heavy atom. The molecule has 3 nitrogen and oxygen atoms in total. The van der Waals surface area contributed by atoms with Gasteiger partial charge in [0.1, 0.15) is 0 Å². The smallest absolute Gasteiger partial charge is 0.0497 e. The van der Waals surface area contributed by atoms with Crippen LogP contribution >= 0.6 is 0 Å². The minimum atomic E-state index is 0.173. The monoisotopic (exact) mass is 161 g/mol. The highest BCUT2D eigenvalue weighted by Crippen LogP contribution is 2.05. The molecule has 11 heavy (non-hydrogen) atoms. The first kappa shape index (κ1) is 10.9. The average molecular weight is 161 g/mol. The Bertz CT molecular complexity index is 67.7. The van der Waals surface area contributed by atoms with E-state index in [1.54, 1.807) is 14.2 Å². The Morgan fingerprint density at radius 1 is 1.36 bits per heavy atom. The zero-order valence-electron chi connectivity index (χ0n) is 7.25. The van der Waals surface area contributed by atoms with Crippen molar-refractivity contribution < 1.29 is 14.6 Å². The highest BCUT2D eigenvalue weighted by atomic mass is 16.5. The van der Waals surface area contributed by atoms with E-state index in [1.165, 1.54) is 0 Å². The van der Waals surface area contributed by atoms with Crippen molar-refractivity contribution >= 4 is 0 Å². The number of hydrogen-bond acceptors (Lipinski definition) is 3. The summed E-state index contributed by atoms with van der Waals surface area (Å²) in [7, 11) is 3.30. The molecule has 1 atom stereocenters. The highest BCUT2D eigenvalue weighted by molar-refractivity contribution is 4.74. The zero-order valence-corrected chi connectivity index (χ0v) is 7.25. The molecule has 0 aromatic rings. The van der Waals surface area contributed by atoms with Crippen molar-refractivity contribution in [2.75, 3.05) is 34.0 Å². The van der Waals surface area contributed by atoms with E-state index < -0.39 is 0 Å². The Kier molecular flexibility index (Phi) is 7.89. The molecule has 0 rings (SSSR count). The molecule has 0 spiro atoms. The van der Waals surface area contributed by atoms with Gasteiger partial charge in [-0.25, -0.2) is 0 Å². The van der Waals surface area contributed by atoms with Gasteiger partial charge in [0.2, 0.25) is 0 Å². The molecule has 0 aliphatic rings. The summed E-state index contributed by atoms with van der Waals surface area (Å²) in [6, 6.07) is 0. The predicted octanol–water partition coefficient (Wildman–Crippen LogP) is 0.482. The quantitative estimate of drug-likeness (QED) is 0.590. The molecule has 0 fully saturated rings. The van der Waals surface area contributed by atoms with Gasteiger partial charge in [0.25, 0.3) is 0 Å². The Labute approximate surface area is 68.3 Å². The Balaban J connectivity index is 3.25. The largest absolute Gasteiger partial charge is 0.396 e. The van der Waals surface area contributed by atoms with Crippen molar-refractivity contribution in [1.29, 1.82) is 0 Å². The van der Waals surface area contributed by atoms with Crippen molar-refractivity contribution in [3.8, 4) is 0 Å². The minimum absolute atomic E-state index is 0.173. The summed E-state index contributed by atoms with van der Waals surface area (Å²) < 4.78 is 9.73.